The number of ketones is 1. The minimum absolute atomic E-state index is 0.0334. The lowest BCUT2D eigenvalue weighted by molar-refractivity contribution is 0.101. The number of allylic oxidation sites excluding steroid dienone is 1. The smallest absolute Gasteiger partial charge is 0.339 e. The Labute approximate surface area is 180 Å². The molecule has 0 aromatic heterocycles. The Morgan fingerprint density at radius 3 is 2.45 bits per heavy atom. The summed E-state index contributed by atoms with van der Waals surface area (Å²) in [5, 5.41) is 0.415. The zero-order valence-electron chi connectivity index (χ0n) is 14.6. The van der Waals surface area contributed by atoms with E-state index < -0.39 is 10.1 Å². The van der Waals surface area contributed by atoms with E-state index in [-0.39, 0.29) is 27.9 Å². The molecule has 0 spiro atoms. The second-order valence-corrected chi connectivity index (χ2v) is 8.95. The molecule has 0 aliphatic carbocycles. The van der Waals surface area contributed by atoms with Gasteiger partial charge in [-0.25, -0.2) is 0 Å². The van der Waals surface area contributed by atoms with Crippen LogP contribution in [-0.4, -0.2) is 14.2 Å². The van der Waals surface area contributed by atoms with Crippen LogP contribution >= 0.6 is 27.5 Å². The predicted molar refractivity (Wildman–Crippen MR) is 113 cm³/mol. The van der Waals surface area contributed by atoms with Crippen molar-refractivity contribution in [2.24, 2.45) is 0 Å². The van der Waals surface area contributed by atoms with Crippen LogP contribution in [-0.2, 0) is 10.1 Å². The fourth-order valence-electron chi connectivity index (χ4n) is 2.73. The molecule has 8 heteroatoms. The van der Waals surface area contributed by atoms with Crippen LogP contribution in [0.25, 0.3) is 6.08 Å². The molecular weight excluding hydrogens is 480 g/mol. The number of hydrogen-bond donors (Lipinski definition) is 0. The van der Waals surface area contributed by atoms with E-state index in [0.717, 1.165) is 10.0 Å². The number of hydrogen-bond acceptors (Lipinski definition) is 5. The van der Waals surface area contributed by atoms with Gasteiger partial charge in [0.1, 0.15) is 16.4 Å². The van der Waals surface area contributed by atoms with E-state index in [1.54, 1.807) is 6.08 Å². The molecule has 0 saturated heterocycles. The van der Waals surface area contributed by atoms with Gasteiger partial charge in [-0.2, -0.15) is 8.42 Å². The Kier molecular flexibility index (Phi) is 5.21. The summed E-state index contributed by atoms with van der Waals surface area (Å²) < 4.78 is 36.5. The van der Waals surface area contributed by atoms with Crippen molar-refractivity contribution < 1.29 is 22.1 Å². The standard InChI is InChI=1S/C21H12BrClO5S/c22-18-4-2-1-3-13(18)11-20-21(24)17-10-7-15(12-19(17)27-20)28-29(25,26)16-8-5-14(23)6-9-16/h1-12H/b20-11-. The molecule has 29 heavy (non-hydrogen) atoms. The second-order valence-electron chi connectivity index (χ2n) is 6.11. The van der Waals surface area contributed by atoms with Gasteiger partial charge in [-0.05, 0) is 54.1 Å². The average molecular weight is 492 g/mol. The van der Waals surface area contributed by atoms with Crippen molar-refractivity contribution in [3.05, 3.63) is 93.1 Å². The highest BCUT2D eigenvalue weighted by molar-refractivity contribution is 9.10. The number of carbonyl (C=O) groups is 1. The van der Waals surface area contributed by atoms with Crippen LogP contribution in [0.1, 0.15) is 15.9 Å². The van der Waals surface area contributed by atoms with Crippen LogP contribution in [0.4, 0.5) is 0 Å². The first-order valence-electron chi connectivity index (χ1n) is 8.36. The highest BCUT2D eigenvalue weighted by Gasteiger charge is 2.28. The summed E-state index contributed by atoms with van der Waals surface area (Å²) in [6.45, 7) is 0. The van der Waals surface area contributed by atoms with E-state index in [1.165, 1.54) is 42.5 Å². The normalized spacial score (nSPS) is 14.6. The molecule has 1 aliphatic rings. The lowest BCUT2D eigenvalue weighted by Gasteiger charge is -2.08. The Morgan fingerprint density at radius 1 is 1.00 bits per heavy atom. The van der Waals surface area contributed by atoms with Crippen LogP contribution in [0.3, 0.4) is 0 Å². The minimum atomic E-state index is -4.05. The predicted octanol–water partition coefficient (Wildman–Crippen LogP) is 5.49. The van der Waals surface area contributed by atoms with Crippen molar-refractivity contribution in [2.75, 3.05) is 0 Å². The Morgan fingerprint density at radius 2 is 1.72 bits per heavy atom. The molecule has 1 aliphatic heterocycles. The van der Waals surface area contributed by atoms with Crippen LogP contribution in [0.5, 0.6) is 11.5 Å². The number of fused-ring (bicyclic) bond motifs is 1. The molecule has 0 bridgehead atoms. The van der Waals surface area contributed by atoms with Gasteiger partial charge in [-0.15, -0.1) is 0 Å². The SMILES string of the molecule is O=C1/C(=C/c2ccccc2Br)Oc2cc(OS(=O)(=O)c3ccc(Cl)cc3)ccc21. The van der Waals surface area contributed by atoms with Crippen molar-refractivity contribution in [1.29, 1.82) is 0 Å². The van der Waals surface area contributed by atoms with E-state index in [9.17, 15) is 13.2 Å². The third-order valence-electron chi connectivity index (χ3n) is 4.14. The van der Waals surface area contributed by atoms with Crippen LogP contribution in [0, 0.1) is 0 Å². The van der Waals surface area contributed by atoms with Crippen LogP contribution in [0.2, 0.25) is 5.02 Å². The van der Waals surface area contributed by atoms with Gasteiger partial charge in [0, 0.05) is 15.6 Å². The monoisotopic (exact) mass is 490 g/mol. The van der Waals surface area contributed by atoms with Gasteiger partial charge in [0.2, 0.25) is 5.78 Å². The van der Waals surface area contributed by atoms with Gasteiger partial charge >= 0.3 is 10.1 Å². The molecule has 0 fully saturated rings. The van der Waals surface area contributed by atoms with Crippen molar-refractivity contribution in [3.8, 4) is 11.5 Å². The molecule has 0 amide bonds. The minimum Gasteiger partial charge on any atom is -0.452 e. The molecule has 0 radical (unpaired) electrons. The van der Waals surface area contributed by atoms with Crippen LogP contribution in [0.15, 0.2) is 81.9 Å². The summed E-state index contributed by atoms with van der Waals surface area (Å²) in [6.07, 6.45) is 1.62. The van der Waals surface area contributed by atoms with E-state index >= 15 is 0 Å². The highest BCUT2D eigenvalue weighted by Crippen LogP contribution is 2.36. The fraction of sp³-hybridized carbons (Fsp3) is 0. The van der Waals surface area contributed by atoms with E-state index in [2.05, 4.69) is 15.9 Å². The average Bonchev–Trinajstić information content (AvgIpc) is 2.98. The number of Topliss-reactive ketones (excluding diaryl/α,β-unsaturated/α-hetero) is 1. The van der Waals surface area contributed by atoms with Gasteiger partial charge in [0.25, 0.3) is 0 Å². The first-order valence-corrected chi connectivity index (χ1v) is 10.9. The third-order valence-corrected chi connectivity index (χ3v) is 6.38. The Balaban J connectivity index is 1.61. The zero-order chi connectivity index (χ0) is 20.6. The molecule has 0 atom stereocenters. The summed E-state index contributed by atoms with van der Waals surface area (Å²) in [7, 11) is -4.05. The topological polar surface area (TPSA) is 69.7 Å². The first-order chi connectivity index (χ1) is 13.8. The Bertz CT molecular complexity index is 1250. The number of carbonyl (C=O) groups excluding carboxylic acids is 1. The molecule has 0 unspecified atom stereocenters. The van der Waals surface area contributed by atoms with Gasteiger partial charge in [-0.3, -0.25) is 4.79 Å². The van der Waals surface area contributed by atoms with E-state index in [0.29, 0.717) is 10.6 Å². The maximum Gasteiger partial charge on any atom is 0.339 e. The van der Waals surface area contributed by atoms with Gasteiger partial charge < -0.3 is 8.92 Å². The molecule has 3 aromatic carbocycles. The van der Waals surface area contributed by atoms with Crippen molar-refractivity contribution >= 4 is 49.5 Å². The molecular formula is C21H12BrClO5S. The molecule has 5 nitrogen and oxygen atoms in total. The van der Waals surface area contributed by atoms with Gasteiger partial charge in [0.05, 0.1) is 5.56 Å². The third kappa shape index (κ3) is 4.07. The number of benzene rings is 3. The zero-order valence-corrected chi connectivity index (χ0v) is 17.8. The van der Waals surface area contributed by atoms with Gasteiger partial charge in [0.15, 0.2) is 5.76 Å². The maximum atomic E-state index is 12.6. The van der Waals surface area contributed by atoms with Crippen molar-refractivity contribution in [1.82, 2.24) is 0 Å². The molecule has 0 N–H and O–H groups in total. The van der Waals surface area contributed by atoms with Crippen molar-refractivity contribution in [3.63, 3.8) is 0 Å². The quantitative estimate of drug-likeness (QED) is 0.357. The number of halogens is 2. The van der Waals surface area contributed by atoms with E-state index in [1.807, 2.05) is 24.3 Å². The largest absolute Gasteiger partial charge is 0.452 e. The summed E-state index contributed by atoms with van der Waals surface area (Å²) in [4.78, 5) is 12.5. The molecule has 3 aromatic rings. The fourth-order valence-corrected chi connectivity index (χ4v) is 4.18. The lowest BCUT2D eigenvalue weighted by Crippen LogP contribution is -2.09. The summed E-state index contributed by atoms with van der Waals surface area (Å²) in [5.74, 6) is 0.123. The summed E-state index contributed by atoms with van der Waals surface area (Å²) in [6, 6.07) is 17.3. The number of rotatable bonds is 4. The number of ether oxygens (including phenoxy) is 1. The molecule has 0 saturated carbocycles. The van der Waals surface area contributed by atoms with Gasteiger partial charge in [-0.1, -0.05) is 45.7 Å². The highest BCUT2D eigenvalue weighted by atomic mass is 79.9. The summed E-state index contributed by atoms with van der Waals surface area (Å²) >= 11 is 9.21. The van der Waals surface area contributed by atoms with Crippen molar-refractivity contribution in [2.45, 2.75) is 4.90 Å². The maximum absolute atomic E-state index is 12.6. The lowest BCUT2D eigenvalue weighted by atomic mass is 10.1. The molecule has 4 rings (SSSR count). The molecule has 146 valence electrons. The first kappa shape index (κ1) is 19.7. The van der Waals surface area contributed by atoms with Crippen LogP contribution < -0.4 is 8.92 Å². The second kappa shape index (κ2) is 7.67. The van der Waals surface area contributed by atoms with E-state index in [4.69, 9.17) is 20.5 Å². The molecule has 1 heterocycles. The Hall–Kier alpha value is -2.61. The summed E-state index contributed by atoms with van der Waals surface area (Å²) in [5.41, 5.74) is 1.12.